The summed E-state index contributed by atoms with van der Waals surface area (Å²) in [5, 5.41) is 0. The highest BCUT2D eigenvalue weighted by Gasteiger charge is 2.16. The van der Waals surface area contributed by atoms with E-state index in [0.29, 0.717) is 0 Å². The van der Waals surface area contributed by atoms with Gasteiger partial charge in [0.05, 0.1) is 6.61 Å². The number of nitrogens with zero attached hydrogens (tertiary/aromatic N) is 2. The Kier molecular flexibility index (Phi) is 8.96. The lowest BCUT2D eigenvalue weighted by molar-refractivity contribution is -0.00000562. The monoisotopic (exact) mass is 373 g/mol. The summed E-state index contributed by atoms with van der Waals surface area (Å²) in [5.41, 5.74) is 2.64. The molecule has 1 fully saturated rings. The summed E-state index contributed by atoms with van der Waals surface area (Å²) in [5.74, 6) is 1.03. The summed E-state index contributed by atoms with van der Waals surface area (Å²) in [4.78, 5) is 5.16. The Hall–Kier alpha value is -1.55. The molecule has 0 aromatic heterocycles. The molecule has 0 saturated carbocycles. The van der Waals surface area contributed by atoms with E-state index in [1.165, 1.54) is 50.3 Å². The van der Waals surface area contributed by atoms with Crippen molar-refractivity contribution in [2.75, 3.05) is 39.3 Å². The Bertz CT molecular complexity index is 627. The summed E-state index contributed by atoms with van der Waals surface area (Å²) in [6.45, 7) is 9.92. The zero-order chi connectivity index (χ0) is 17.3. The molecule has 0 atom stereocenters. The molecule has 4 heteroatoms. The van der Waals surface area contributed by atoms with Gasteiger partial charge in [-0.3, -0.25) is 4.90 Å². The van der Waals surface area contributed by atoms with Crippen LogP contribution in [0.25, 0.3) is 0 Å². The number of benzene rings is 2. The molecule has 2 aromatic rings. The van der Waals surface area contributed by atoms with Gasteiger partial charge in [0.1, 0.15) is 5.75 Å². The number of aryl methyl sites for hydroxylation is 1. The zero-order valence-corrected chi connectivity index (χ0v) is 16.5. The Morgan fingerprint density at radius 2 is 1.46 bits per heavy atom. The summed E-state index contributed by atoms with van der Waals surface area (Å²) < 4.78 is 5.88. The van der Waals surface area contributed by atoms with Crippen LogP contribution in [0.5, 0.6) is 5.75 Å². The van der Waals surface area contributed by atoms with Gasteiger partial charge in [-0.15, -0.1) is 0 Å². The number of hydrogen-bond acceptors (Lipinski definition) is 3. The normalized spacial score (nSPS) is 15.4. The van der Waals surface area contributed by atoms with Crippen molar-refractivity contribution in [2.24, 2.45) is 0 Å². The van der Waals surface area contributed by atoms with Crippen LogP contribution >= 0.6 is 0 Å². The third kappa shape index (κ3) is 6.64. The smallest absolute Gasteiger partial charge is 0.122 e. The first kappa shape index (κ1) is 20.8. The maximum Gasteiger partial charge on any atom is 0.122 e. The standard InChI is InChI=1S/C22H30N2O.ClH/c1-20-9-5-6-12-22(20)25-18-8-7-13-23-14-16-24(17-15-23)19-21-10-3-2-4-11-21;/h2-6,9-12H,7-8,13-19H2,1H3;1H/p-1. The first-order chi connectivity index (χ1) is 12.3. The van der Waals surface area contributed by atoms with Crippen molar-refractivity contribution in [3.8, 4) is 5.75 Å². The van der Waals surface area contributed by atoms with Crippen LogP contribution < -0.4 is 17.1 Å². The lowest BCUT2D eigenvalue weighted by atomic mass is 10.2. The molecule has 1 saturated heterocycles. The van der Waals surface area contributed by atoms with Crippen molar-refractivity contribution in [1.82, 2.24) is 9.80 Å². The van der Waals surface area contributed by atoms with E-state index in [-0.39, 0.29) is 12.4 Å². The Balaban J connectivity index is 0.00000243. The molecule has 2 aromatic carbocycles. The molecule has 1 aliphatic heterocycles. The SMILES string of the molecule is Cc1ccccc1OCCCCN1CCN(Cc2ccccc2)CC1.[Cl-]. The van der Waals surface area contributed by atoms with E-state index in [2.05, 4.69) is 65.3 Å². The number of halogens is 1. The number of hydrogen-bond donors (Lipinski definition) is 0. The lowest BCUT2D eigenvalue weighted by Gasteiger charge is -2.34. The van der Waals surface area contributed by atoms with Crippen LogP contribution in [0, 0.1) is 6.92 Å². The van der Waals surface area contributed by atoms with Crippen molar-refractivity contribution in [3.05, 3.63) is 65.7 Å². The van der Waals surface area contributed by atoms with Crippen molar-refractivity contribution in [3.63, 3.8) is 0 Å². The van der Waals surface area contributed by atoms with E-state index in [0.717, 1.165) is 25.3 Å². The number of para-hydroxylation sites is 1. The summed E-state index contributed by atoms with van der Waals surface area (Å²) in [7, 11) is 0. The van der Waals surface area contributed by atoms with Gasteiger partial charge in [-0.2, -0.15) is 0 Å². The third-order valence-corrected chi connectivity index (χ3v) is 4.93. The molecular weight excluding hydrogens is 344 g/mol. The Morgan fingerprint density at radius 1 is 0.808 bits per heavy atom. The van der Waals surface area contributed by atoms with Crippen LogP contribution in [0.3, 0.4) is 0 Å². The second kappa shape index (κ2) is 11.2. The molecule has 1 heterocycles. The quantitative estimate of drug-likeness (QED) is 0.641. The van der Waals surface area contributed by atoms with E-state index >= 15 is 0 Å². The van der Waals surface area contributed by atoms with Crippen LogP contribution in [0.4, 0.5) is 0 Å². The lowest BCUT2D eigenvalue weighted by Crippen LogP contribution is -3.00. The maximum atomic E-state index is 5.88. The van der Waals surface area contributed by atoms with Gasteiger partial charge in [0.15, 0.2) is 0 Å². The van der Waals surface area contributed by atoms with Gasteiger partial charge in [-0.05, 0) is 43.5 Å². The van der Waals surface area contributed by atoms with Crippen molar-refractivity contribution in [2.45, 2.75) is 26.3 Å². The highest BCUT2D eigenvalue weighted by atomic mass is 35.5. The van der Waals surface area contributed by atoms with Gasteiger partial charge < -0.3 is 22.0 Å². The summed E-state index contributed by atoms with van der Waals surface area (Å²) in [6.07, 6.45) is 2.34. The fraction of sp³-hybridized carbons (Fsp3) is 0.455. The first-order valence-corrected chi connectivity index (χ1v) is 9.48. The van der Waals surface area contributed by atoms with Crippen molar-refractivity contribution >= 4 is 0 Å². The average molecular weight is 374 g/mol. The minimum Gasteiger partial charge on any atom is -1.00 e. The molecule has 0 unspecified atom stereocenters. The molecular formula is C22H30ClN2O-. The minimum atomic E-state index is 0. The van der Waals surface area contributed by atoms with Crippen molar-refractivity contribution in [1.29, 1.82) is 0 Å². The topological polar surface area (TPSA) is 15.7 Å². The first-order valence-electron chi connectivity index (χ1n) is 9.48. The Labute approximate surface area is 164 Å². The number of piperazine rings is 1. The molecule has 142 valence electrons. The molecule has 0 spiro atoms. The predicted molar refractivity (Wildman–Crippen MR) is 104 cm³/mol. The van der Waals surface area contributed by atoms with Crippen LogP contribution in [0.15, 0.2) is 54.6 Å². The number of rotatable bonds is 8. The highest BCUT2D eigenvalue weighted by Crippen LogP contribution is 2.16. The summed E-state index contributed by atoms with van der Waals surface area (Å²) >= 11 is 0. The largest absolute Gasteiger partial charge is 1.00 e. The molecule has 3 nitrogen and oxygen atoms in total. The van der Waals surface area contributed by atoms with Gasteiger partial charge >= 0.3 is 0 Å². The molecule has 26 heavy (non-hydrogen) atoms. The number of ether oxygens (including phenoxy) is 1. The predicted octanol–water partition coefficient (Wildman–Crippen LogP) is 0.976. The van der Waals surface area contributed by atoms with Crippen molar-refractivity contribution < 1.29 is 17.1 Å². The van der Waals surface area contributed by atoms with E-state index in [4.69, 9.17) is 4.74 Å². The van der Waals surface area contributed by atoms with Gasteiger partial charge in [0, 0.05) is 32.7 Å². The molecule has 0 bridgehead atoms. The van der Waals surface area contributed by atoms with E-state index in [1.54, 1.807) is 0 Å². The van der Waals surface area contributed by atoms with Gasteiger partial charge in [-0.25, -0.2) is 0 Å². The number of unbranched alkanes of at least 4 members (excludes halogenated alkanes) is 1. The molecule has 0 N–H and O–H groups in total. The van der Waals surface area contributed by atoms with E-state index in [9.17, 15) is 0 Å². The van der Waals surface area contributed by atoms with Gasteiger partial charge in [0.2, 0.25) is 0 Å². The fourth-order valence-corrected chi connectivity index (χ4v) is 3.35. The Morgan fingerprint density at radius 3 is 2.19 bits per heavy atom. The maximum absolute atomic E-state index is 5.88. The molecule has 0 radical (unpaired) electrons. The third-order valence-electron chi connectivity index (χ3n) is 4.93. The second-order valence-electron chi connectivity index (χ2n) is 6.92. The van der Waals surface area contributed by atoms with Crippen LogP contribution in [0.2, 0.25) is 0 Å². The van der Waals surface area contributed by atoms with Crippen LogP contribution in [-0.2, 0) is 6.54 Å². The van der Waals surface area contributed by atoms with E-state index in [1.807, 2.05) is 6.07 Å². The molecule has 3 rings (SSSR count). The van der Waals surface area contributed by atoms with E-state index < -0.39 is 0 Å². The van der Waals surface area contributed by atoms with Gasteiger partial charge in [-0.1, -0.05) is 48.5 Å². The summed E-state index contributed by atoms with van der Waals surface area (Å²) in [6, 6.07) is 19.0. The minimum absolute atomic E-state index is 0. The average Bonchev–Trinajstić information content (AvgIpc) is 2.65. The molecule has 0 amide bonds. The fourth-order valence-electron chi connectivity index (χ4n) is 3.35. The van der Waals surface area contributed by atoms with Gasteiger partial charge in [0.25, 0.3) is 0 Å². The van der Waals surface area contributed by atoms with Crippen LogP contribution in [0.1, 0.15) is 24.0 Å². The molecule has 0 aliphatic carbocycles. The molecule has 1 aliphatic rings. The van der Waals surface area contributed by atoms with Crippen LogP contribution in [-0.4, -0.2) is 49.1 Å². The second-order valence-corrected chi connectivity index (χ2v) is 6.92. The highest BCUT2D eigenvalue weighted by molar-refractivity contribution is 5.31. The zero-order valence-electron chi connectivity index (χ0n) is 15.7.